The Kier molecular flexibility index (Phi) is 5.29. The number of nitrogens with zero attached hydrogens (tertiary/aromatic N) is 1. The molecule has 0 radical (unpaired) electrons. The topological polar surface area (TPSA) is 48.1 Å². The fraction of sp³-hybridized carbons (Fsp3) is 0.526. The Balaban J connectivity index is 1.84. The van der Waals surface area contributed by atoms with E-state index in [-0.39, 0.29) is 12.0 Å². The molecule has 1 aromatic carbocycles. The van der Waals surface area contributed by atoms with Gasteiger partial charge < -0.3 is 10.5 Å². The number of nitrogens with two attached hydrogens (primary N) is 1. The van der Waals surface area contributed by atoms with Gasteiger partial charge in [0.15, 0.2) is 0 Å². The lowest BCUT2D eigenvalue weighted by atomic mass is 9.75. The number of alkyl halides is 3. The first-order chi connectivity index (χ1) is 11.9. The predicted molar refractivity (Wildman–Crippen MR) is 91.3 cm³/mol. The largest absolute Gasteiger partial charge is 0.416 e. The van der Waals surface area contributed by atoms with E-state index in [2.05, 4.69) is 4.98 Å². The van der Waals surface area contributed by atoms with Crippen molar-refractivity contribution in [2.24, 2.45) is 11.7 Å². The molecule has 0 aliphatic heterocycles. The SMILES string of the molecule is COCC(N)C1CCC(c2ccnc3ccc(C(F)(F)F)cc23)CC1. The van der Waals surface area contributed by atoms with Crippen molar-refractivity contribution in [2.45, 2.75) is 43.8 Å². The summed E-state index contributed by atoms with van der Waals surface area (Å²) < 4.78 is 44.3. The van der Waals surface area contributed by atoms with Gasteiger partial charge in [0.2, 0.25) is 0 Å². The summed E-state index contributed by atoms with van der Waals surface area (Å²) in [5.74, 6) is 0.662. The maximum absolute atomic E-state index is 13.1. The van der Waals surface area contributed by atoms with E-state index in [1.807, 2.05) is 6.07 Å². The third-order valence-electron chi connectivity index (χ3n) is 5.28. The smallest absolute Gasteiger partial charge is 0.383 e. The van der Waals surface area contributed by atoms with Crippen molar-refractivity contribution in [3.8, 4) is 0 Å². The maximum Gasteiger partial charge on any atom is 0.416 e. The minimum absolute atomic E-state index is 0.0250. The number of hydrogen-bond donors (Lipinski definition) is 1. The third kappa shape index (κ3) is 3.96. The number of fused-ring (bicyclic) bond motifs is 1. The minimum atomic E-state index is -4.34. The van der Waals surface area contributed by atoms with E-state index in [0.29, 0.717) is 23.4 Å². The lowest BCUT2D eigenvalue weighted by Gasteiger charge is -2.32. The van der Waals surface area contributed by atoms with Gasteiger partial charge in [0, 0.05) is 24.7 Å². The molecule has 1 aromatic heterocycles. The van der Waals surface area contributed by atoms with Crippen LogP contribution in [0.3, 0.4) is 0 Å². The molecule has 1 heterocycles. The molecule has 0 amide bonds. The summed E-state index contributed by atoms with van der Waals surface area (Å²) in [6, 6.07) is 5.68. The Bertz CT molecular complexity index is 724. The van der Waals surface area contributed by atoms with Crippen LogP contribution < -0.4 is 5.73 Å². The van der Waals surface area contributed by atoms with Gasteiger partial charge in [0.25, 0.3) is 0 Å². The van der Waals surface area contributed by atoms with Crippen LogP contribution in [0.5, 0.6) is 0 Å². The molecular weight excluding hydrogens is 329 g/mol. The summed E-state index contributed by atoms with van der Waals surface area (Å²) in [6.07, 6.45) is 1.14. The van der Waals surface area contributed by atoms with Crippen LogP contribution in [0.1, 0.15) is 42.7 Å². The Morgan fingerprint density at radius 3 is 2.56 bits per heavy atom. The molecule has 3 nitrogen and oxygen atoms in total. The molecule has 1 saturated carbocycles. The van der Waals surface area contributed by atoms with Gasteiger partial charge in [0.1, 0.15) is 0 Å². The Morgan fingerprint density at radius 1 is 1.20 bits per heavy atom. The summed E-state index contributed by atoms with van der Waals surface area (Å²) in [5, 5.41) is 0.613. The van der Waals surface area contributed by atoms with Crippen molar-refractivity contribution in [1.82, 2.24) is 4.98 Å². The second-order valence-corrected chi connectivity index (χ2v) is 6.86. The normalized spacial score (nSPS) is 22.9. The van der Waals surface area contributed by atoms with Gasteiger partial charge in [-0.3, -0.25) is 4.98 Å². The summed E-state index contributed by atoms with van der Waals surface area (Å²) in [7, 11) is 1.65. The second kappa shape index (κ2) is 7.30. The monoisotopic (exact) mass is 352 g/mol. The highest BCUT2D eigenvalue weighted by atomic mass is 19.4. The molecule has 1 aliphatic carbocycles. The van der Waals surface area contributed by atoms with Crippen LogP contribution in [0.4, 0.5) is 13.2 Å². The van der Waals surface area contributed by atoms with E-state index >= 15 is 0 Å². The van der Waals surface area contributed by atoms with E-state index in [1.165, 1.54) is 12.1 Å². The number of halogens is 3. The number of ether oxygens (including phenoxy) is 1. The van der Waals surface area contributed by atoms with Crippen LogP contribution in [0.25, 0.3) is 10.9 Å². The molecule has 1 aliphatic rings. The molecule has 2 aromatic rings. The van der Waals surface area contributed by atoms with E-state index in [0.717, 1.165) is 37.3 Å². The summed E-state index contributed by atoms with van der Waals surface area (Å²) in [4.78, 5) is 4.22. The van der Waals surface area contributed by atoms with E-state index in [4.69, 9.17) is 10.5 Å². The van der Waals surface area contributed by atoms with E-state index < -0.39 is 11.7 Å². The van der Waals surface area contributed by atoms with Gasteiger partial charge in [-0.1, -0.05) is 0 Å². The molecule has 136 valence electrons. The Labute approximate surface area is 145 Å². The van der Waals surface area contributed by atoms with Crippen LogP contribution in [0.15, 0.2) is 30.5 Å². The van der Waals surface area contributed by atoms with Crippen molar-refractivity contribution in [2.75, 3.05) is 13.7 Å². The first kappa shape index (κ1) is 18.1. The summed E-state index contributed by atoms with van der Waals surface area (Å²) in [5.41, 5.74) is 7.10. The predicted octanol–water partition coefficient (Wildman–Crippen LogP) is 4.50. The molecule has 1 fully saturated rings. The summed E-state index contributed by atoms with van der Waals surface area (Å²) >= 11 is 0. The molecule has 1 unspecified atom stereocenters. The molecule has 25 heavy (non-hydrogen) atoms. The van der Waals surface area contributed by atoms with Gasteiger partial charge in [-0.15, -0.1) is 0 Å². The highest BCUT2D eigenvalue weighted by Crippen LogP contribution is 2.40. The molecule has 3 rings (SSSR count). The molecule has 0 spiro atoms. The molecule has 0 bridgehead atoms. The number of rotatable bonds is 4. The first-order valence-electron chi connectivity index (χ1n) is 8.60. The van der Waals surface area contributed by atoms with Gasteiger partial charge in [-0.2, -0.15) is 13.2 Å². The van der Waals surface area contributed by atoms with Crippen molar-refractivity contribution < 1.29 is 17.9 Å². The second-order valence-electron chi connectivity index (χ2n) is 6.86. The van der Waals surface area contributed by atoms with Crippen LogP contribution in [-0.2, 0) is 10.9 Å². The average Bonchev–Trinajstić information content (AvgIpc) is 2.60. The fourth-order valence-electron chi connectivity index (χ4n) is 3.89. The fourth-order valence-corrected chi connectivity index (χ4v) is 3.89. The highest BCUT2D eigenvalue weighted by Gasteiger charge is 2.32. The zero-order valence-corrected chi connectivity index (χ0v) is 14.2. The zero-order valence-electron chi connectivity index (χ0n) is 14.2. The number of aromatic nitrogens is 1. The van der Waals surface area contributed by atoms with Crippen LogP contribution in [-0.4, -0.2) is 24.7 Å². The molecule has 2 N–H and O–H groups in total. The maximum atomic E-state index is 13.1. The van der Waals surface area contributed by atoms with Gasteiger partial charge >= 0.3 is 6.18 Å². The van der Waals surface area contributed by atoms with Crippen molar-refractivity contribution >= 4 is 10.9 Å². The number of hydrogen-bond acceptors (Lipinski definition) is 3. The van der Waals surface area contributed by atoms with Crippen LogP contribution >= 0.6 is 0 Å². The molecule has 6 heteroatoms. The highest BCUT2D eigenvalue weighted by molar-refractivity contribution is 5.83. The number of methoxy groups -OCH3 is 1. The van der Waals surface area contributed by atoms with Crippen LogP contribution in [0, 0.1) is 5.92 Å². The van der Waals surface area contributed by atoms with Gasteiger partial charge in [0.05, 0.1) is 17.7 Å². The quantitative estimate of drug-likeness (QED) is 0.881. The first-order valence-corrected chi connectivity index (χ1v) is 8.60. The molecular formula is C19H23F3N2O. The lowest BCUT2D eigenvalue weighted by molar-refractivity contribution is -0.137. The van der Waals surface area contributed by atoms with Crippen LogP contribution in [0.2, 0.25) is 0 Å². The minimum Gasteiger partial charge on any atom is -0.383 e. The molecule has 0 saturated heterocycles. The van der Waals surface area contributed by atoms with Gasteiger partial charge in [-0.25, -0.2) is 0 Å². The summed E-state index contributed by atoms with van der Waals surface area (Å²) in [6.45, 7) is 0.544. The standard InChI is InChI=1S/C19H23F3N2O/c1-25-11-17(23)13-4-2-12(3-5-13)15-8-9-24-18-7-6-14(10-16(15)18)19(20,21)22/h6-10,12-13,17H,2-5,11,23H2,1H3. The van der Waals surface area contributed by atoms with Crippen molar-refractivity contribution in [3.63, 3.8) is 0 Å². The number of benzene rings is 1. The Hall–Kier alpha value is -1.66. The van der Waals surface area contributed by atoms with Crippen molar-refractivity contribution in [3.05, 3.63) is 41.6 Å². The molecule has 1 atom stereocenters. The third-order valence-corrected chi connectivity index (χ3v) is 5.28. The lowest BCUT2D eigenvalue weighted by Crippen LogP contribution is -2.36. The number of pyridine rings is 1. The average molecular weight is 352 g/mol. The van der Waals surface area contributed by atoms with Crippen molar-refractivity contribution in [1.29, 1.82) is 0 Å². The van der Waals surface area contributed by atoms with E-state index in [1.54, 1.807) is 13.3 Å². The Morgan fingerprint density at radius 2 is 1.92 bits per heavy atom. The zero-order chi connectivity index (χ0) is 18.0. The van der Waals surface area contributed by atoms with Gasteiger partial charge in [-0.05, 0) is 67.3 Å². The van der Waals surface area contributed by atoms with E-state index in [9.17, 15) is 13.2 Å².